The van der Waals surface area contributed by atoms with Crippen LogP contribution in [0, 0.1) is 23.7 Å². The summed E-state index contributed by atoms with van der Waals surface area (Å²) in [5, 5.41) is 5.19. The summed E-state index contributed by atoms with van der Waals surface area (Å²) in [7, 11) is 0. The molecule has 2 fully saturated rings. The normalized spacial score (nSPS) is 26.6. The van der Waals surface area contributed by atoms with Gasteiger partial charge in [-0.05, 0) is 42.5 Å². The Labute approximate surface area is 142 Å². The maximum atomic E-state index is 12.6. The summed E-state index contributed by atoms with van der Waals surface area (Å²) in [6.45, 7) is 6.14. The third kappa shape index (κ3) is 3.60. The van der Waals surface area contributed by atoms with Gasteiger partial charge in [0, 0.05) is 36.3 Å². The van der Waals surface area contributed by atoms with Gasteiger partial charge in [0.05, 0.1) is 0 Å². The molecule has 2 amide bonds. The Morgan fingerprint density at radius 3 is 2.57 bits per heavy atom. The van der Waals surface area contributed by atoms with Crippen LogP contribution in [0.2, 0.25) is 0 Å². The fourth-order valence-corrected chi connectivity index (χ4v) is 4.79. The fourth-order valence-electron chi connectivity index (χ4n) is 4.08. The highest BCUT2D eigenvalue weighted by molar-refractivity contribution is 7.09. The lowest BCUT2D eigenvalue weighted by molar-refractivity contribution is -0.141. The van der Waals surface area contributed by atoms with Crippen LogP contribution >= 0.6 is 11.3 Å². The third-order valence-electron chi connectivity index (χ3n) is 5.19. The molecule has 5 heteroatoms. The molecular formula is C18H26N2O2S. The molecule has 2 aliphatic rings. The Bertz CT molecular complexity index is 541. The van der Waals surface area contributed by atoms with Crippen LogP contribution in [0.5, 0.6) is 0 Å². The Morgan fingerprint density at radius 1 is 1.30 bits per heavy atom. The molecule has 1 aliphatic heterocycles. The largest absolute Gasteiger partial charge is 0.355 e. The molecule has 2 atom stereocenters. The number of nitrogens with one attached hydrogen (secondary N) is 1. The van der Waals surface area contributed by atoms with E-state index in [1.54, 1.807) is 11.3 Å². The molecule has 126 valence electrons. The summed E-state index contributed by atoms with van der Waals surface area (Å²) in [5.41, 5.74) is 0. The zero-order valence-electron chi connectivity index (χ0n) is 14.0. The van der Waals surface area contributed by atoms with Crippen molar-refractivity contribution in [2.75, 3.05) is 19.6 Å². The first-order valence-corrected chi connectivity index (χ1v) is 9.53. The van der Waals surface area contributed by atoms with Crippen molar-refractivity contribution in [3.8, 4) is 0 Å². The average molecular weight is 334 g/mol. The second-order valence-electron chi connectivity index (χ2n) is 7.14. The van der Waals surface area contributed by atoms with Gasteiger partial charge in [-0.25, -0.2) is 0 Å². The van der Waals surface area contributed by atoms with E-state index < -0.39 is 0 Å². The molecule has 0 spiro atoms. The first kappa shape index (κ1) is 16.5. The highest BCUT2D eigenvalue weighted by Gasteiger charge is 2.46. The van der Waals surface area contributed by atoms with E-state index in [1.165, 1.54) is 4.88 Å². The number of carbonyl (C=O) groups excluding carboxylic acids is 2. The first-order chi connectivity index (χ1) is 11.1. The van der Waals surface area contributed by atoms with Crippen LogP contribution in [0.3, 0.4) is 0 Å². The summed E-state index contributed by atoms with van der Waals surface area (Å²) in [6.07, 6.45) is 3.06. The van der Waals surface area contributed by atoms with Gasteiger partial charge in [-0.1, -0.05) is 19.9 Å². The Kier molecular flexibility index (Phi) is 5.05. The minimum atomic E-state index is 0.0468. The van der Waals surface area contributed by atoms with Crippen LogP contribution < -0.4 is 5.32 Å². The van der Waals surface area contributed by atoms with Gasteiger partial charge >= 0.3 is 0 Å². The lowest BCUT2D eigenvalue weighted by Crippen LogP contribution is -2.50. The van der Waals surface area contributed by atoms with Gasteiger partial charge in [0.1, 0.15) is 0 Å². The molecule has 1 N–H and O–H groups in total. The van der Waals surface area contributed by atoms with E-state index >= 15 is 0 Å². The number of thiophene rings is 1. The standard InChI is InChI=1S/C18H26N2O2S/c1-12(2)18(22)20-10-13-5-6-14(11-20)16(13)17(21)19-8-7-15-4-3-9-23-15/h3-4,9,12-14,16H,5-8,10-11H2,1-2H3,(H,19,21). The summed E-state index contributed by atoms with van der Waals surface area (Å²) in [4.78, 5) is 28.1. The van der Waals surface area contributed by atoms with Crippen molar-refractivity contribution in [1.29, 1.82) is 0 Å². The molecule has 1 saturated carbocycles. The smallest absolute Gasteiger partial charge is 0.225 e. The molecule has 1 aliphatic carbocycles. The number of carbonyl (C=O) groups is 2. The molecule has 1 aromatic heterocycles. The lowest BCUT2D eigenvalue weighted by atomic mass is 9.84. The molecule has 3 rings (SSSR count). The quantitative estimate of drug-likeness (QED) is 0.900. The van der Waals surface area contributed by atoms with E-state index in [0.29, 0.717) is 18.4 Å². The number of amides is 2. The van der Waals surface area contributed by atoms with Crippen LogP contribution in [0.25, 0.3) is 0 Å². The van der Waals surface area contributed by atoms with Crippen LogP contribution in [0.15, 0.2) is 17.5 Å². The SMILES string of the molecule is CC(C)C(=O)N1CC2CCC(C1)C2C(=O)NCCc1cccs1. The van der Waals surface area contributed by atoms with E-state index in [9.17, 15) is 9.59 Å². The van der Waals surface area contributed by atoms with Crippen molar-refractivity contribution in [3.63, 3.8) is 0 Å². The van der Waals surface area contributed by atoms with Crippen LogP contribution in [-0.4, -0.2) is 36.3 Å². The van der Waals surface area contributed by atoms with E-state index in [0.717, 1.165) is 32.4 Å². The Morgan fingerprint density at radius 2 is 2.00 bits per heavy atom. The predicted molar refractivity (Wildman–Crippen MR) is 92.2 cm³/mol. The minimum Gasteiger partial charge on any atom is -0.355 e. The predicted octanol–water partition coefficient (Wildman–Crippen LogP) is 2.55. The van der Waals surface area contributed by atoms with Crippen LogP contribution in [-0.2, 0) is 16.0 Å². The van der Waals surface area contributed by atoms with Crippen LogP contribution in [0.4, 0.5) is 0 Å². The topological polar surface area (TPSA) is 49.4 Å². The highest BCUT2D eigenvalue weighted by Crippen LogP contribution is 2.42. The van der Waals surface area contributed by atoms with Gasteiger partial charge in [-0.2, -0.15) is 0 Å². The van der Waals surface area contributed by atoms with E-state index in [1.807, 2.05) is 24.8 Å². The zero-order chi connectivity index (χ0) is 16.4. The molecule has 0 aromatic carbocycles. The first-order valence-electron chi connectivity index (χ1n) is 8.65. The summed E-state index contributed by atoms with van der Waals surface area (Å²) in [5.74, 6) is 1.28. The highest BCUT2D eigenvalue weighted by atomic mass is 32.1. The molecular weight excluding hydrogens is 308 g/mol. The van der Waals surface area contributed by atoms with Gasteiger partial charge in [-0.15, -0.1) is 11.3 Å². The fraction of sp³-hybridized carbons (Fsp3) is 0.667. The number of hydrogen-bond acceptors (Lipinski definition) is 3. The third-order valence-corrected chi connectivity index (χ3v) is 6.13. The van der Waals surface area contributed by atoms with Gasteiger partial charge in [-0.3, -0.25) is 9.59 Å². The van der Waals surface area contributed by atoms with Crippen LogP contribution in [0.1, 0.15) is 31.6 Å². The van der Waals surface area contributed by atoms with Crippen molar-refractivity contribution in [2.24, 2.45) is 23.7 Å². The monoisotopic (exact) mass is 334 g/mol. The summed E-state index contributed by atoms with van der Waals surface area (Å²) < 4.78 is 0. The maximum Gasteiger partial charge on any atom is 0.225 e. The van der Waals surface area contributed by atoms with Gasteiger partial charge < -0.3 is 10.2 Å². The zero-order valence-corrected chi connectivity index (χ0v) is 14.8. The summed E-state index contributed by atoms with van der Waals surface area (Å²) in [6, 6.07) is 4.15. The molecule has 2 bridgehead atoms. The molecule has 0 radical (unpaired) electrons. The molecule has 23 heavy (non-hydrogen) atoms. The van der Waals surface area contributed by atoms with Crippen molar-refractivity contribution >= 4 is 23.2 Å². The Balaban J connectivity index is 1.53. The number of fused-ring (bicyclic) bond motifs is 2. The Hall–Kier alpha value is -1.36. The molecule has 1 aromatic rings. The second-order valence-corrected chi connectivity index (χ2v) is 8.17. The van der Waals surface area contributed by atoms with Gasteiger partial charge in [0.15, 0.2) is 0 Å². The van der Waals surface area contributed by atoms with E-state index in [-0.39, 0.29) is 23.7 Å². The maximum absolute atomic E-state index is 12.6. The number of hydrogen-bond donors (Lipinski definition) is 1. The number of nitrogens with zero attached hydrogens (tertiary/aromatic N) is 1. The molecule has 4 nitrogen and oxygen atoms in total. The lowest BCUT2D eigenvalue weighted by Gasteiger charge is -2.38. The van der Waals surface area contributed by atoms with Crippen molar-refractivity contribution in [1.82, 2.24) is 10.2 Å². The minimum absolute atomic E-state index is 0.0468. The van der Waals surface area contributed by atoms with Crippen molar-refractivity contribution in [2.45, 2.75) is 33.1 Å². The number of piperidine rings is 1. The molecule has 1 saturated heterocycles. The number of rotatable bonds is 5. The number of likely N-dealkylation sites (tertiary alicyclic amines) is 1. The second kappa shape index (κ2) is 7.04. The van der Waals surface area contributed by atoms with Crippen molar-refractivity contribution in [3.05, 3.63) is 22.4 Å². The van der Waals surface area contributed by atoms with Crippen molar-refractivity contribution < 1.29 is 9.59 Å². The average Bonchev–Trinajstić information content (AvgIpc) is 3.12. The molecule has 2 unspecified atom stereocenters. The van der Waals surface area contributed by atoms with Gasteiger partial charge in [0.2, 0.25) is 11.8 Å². The van der Waals surface area contributed by atoms with Gasteiger partial charge in [0.25, 0.3) is 0 Å². The van der Waals surface area contributed by atoms with E-state index in [2.05, 4.69) is 16.8 Å². The summed E-state index contributed by atoms with van der Waals surface area (Å²) >= 11 is 1.73. The molecule has 2 heterocycles. The van der Waals surface area contributed by atoms with E-state index in [4.69, 9.17) is 0 Å².